The van der Waals surface area contributed by atoms with Crippen molar-refractivity contribution in [3.8, 4) is 0 Å². The lowest BCUT2D eigenvalue weighted by Crippen LogP contribution is -2.35. The van der Waals surface area contributed by atoms with Crippen molar-refractivity contribution in [1.82, 2.24) is 10.0 Å². The van der Waals surface area contributed by atoms with Gasteiger partial charge in [0.15, 0.2) is 0 Å². The first-order valence-corrected chi connectivity index (χ1v) is 7.83. The summed E-state index contributed by atoms with van der Waals surface area (Å²) in [6, 6.07) is 5.47. The molecular weight excluding hydrogens is 264 g/mol. The van der Waals surface area contributed by atoms with Crippen LogP contribution in [0.1, 0.15) is 28.4 Å². The Labute approximate surface area is 114 Å². The average Bonchev–Trinajstić information content (AvgIpc) is 2.37. The van der Waals surface area contributed by atoms with Crippen molar-refractivity contribution in [3.63, 3.8) is 0 Å². The smallest absolute Gasteiger partial charge is 0.251 e. The number of hydrogen-bond donors (Lipinski definition) is 2. The molecule has 0 spiro atoms. The lowest BCUT2D eigenvalue weighted by atomic mass is 10.1. The van der Waals surface area contributed by atoms with Gasteiger partial charge in [-0.05, 0) is 44.0 Å². The number of aryl methyl sites for hydroxylation is 2. The molecule has 0 aliphatic heterocycles. The number of hydrogen-bond acceptors (Lipinski definition) is 3. The molecule has 1 aromatic rings. The molecule has 6 heteroatoms. The van der Waals surface area contributed by atoms with E-state index in [4.69, 9.17) is 0 Å². The molecule has 1 rings (SSSR count). The van der Waals surface area contributed by atoms with E-state index in [9.17, 15) is 13.2 Å². The monoisotopic (exact) mass is 284 g/mol. The van der Waals surface area contributed by atoms with Crippen LogP contribution in [0.5, 0.6) is 0 Å². The second kappa shape index (κ2) is 6.68. The molecule has 0 aliphatic carbocycles. The Morgan fingerprint density at radius 2 is 1.84 bits per heavy atom. The molecule has 0 aromatic heterocycles. The third-order valence-corrected chi connectivity index (χ3v) is 4.29. The lowest BCUT2D eigenvalue weighted by Gasteiger charge is -2.08. The number of rotatable bonds is 6. The molecule has 0 radical (unpaired) electrons. The molecular formula is C13H20N2O3S. The van der Waals surface area contributed by atoms with Crippen LogP contribution < -0.4 is 10.0 Å². The van der Waals surface area contributed by atoms with Gasteiger partial charge >= 0.3 is 0 Å². The zero-order valence-electron chi connectivity index (χ0n) is 11.5. The third-order valence-electron chi connectivity index (χ3n) is 2.88. The Hall–Kier alpha value is -1.40. The SMILES string of the molecule is CCS(=O)(=O)NCCNC(=O)c1ccc(C)c(C)c1. The van der Waals surface area contributed by atoms with Gasteiger partial charge in [-0.15, -0.1) is 0 Å². The van der Waals surface area contributed by atoms with Gasteiger partial charge in [-0.3, -0.25) is 4.79 Å². The maximum absolute atomic E-state index is 11.8. The molecule has 0 aliphatic rings. The molecule has 0 saturated carbocycles. The molecule has 1 amide bonds. The molecule has 106 valence electrons. The molecule has 0 fully saturated rings. The molecule has 0 atom stereocenters. The van der Waals surface area contributed by atoms with Crippen molar-refractivity contribution in [1.29, 1.82) is 0 Å². The van der Waals surface area contributed by atoms with Gasteiger partial charge in [0.05, 0.1) is 5.75 Å². The van der Waals surface area contributed by atoms with Crippen LogP contribution >= 0.6 is 0 Å². The van der Waals surface area contributed by atoms with Crippen LogP contribution in [0.25, 0.3) is 0 Å². The van der Waals surface area contributed by atoms with Crippen LogP contribution in [0, 0.1) is 13.8 Å². The zero-order chi connectivity index (χ0) is 14.5. The summed E-state index contributed by atoms with van der Waals surface area (Å²) in [5.74, 6) is -0.156. The van der Waals surface area contributed by atoms with Crippen molar-refractivity contribution >= 4 is 15.9 Å². The summed E-state index contributed by atoms with van der Waals surface area (Å²) in [6.07, 6.45) is 0. The van der Waals surface area contributed by atoms with Gasteiger partial charge in [0.1, 0.15) is 0 Å². The zero-order valence-corrected chi connectivity index (χ0v) is 12.3. The molecule has 0 saturated heterocycles. The summed E-state index contributed by atoms with van der Waals surface area (Å²) < 4.78 is 24.7. The van der Waals surface area contributed by atoms with Gasteiger partial charge in [0, 0.05) is 18.7 Å². The highest BCUT2D eigenvalue weighted by molar-refractivity contribution is 7.89. The number of amides is 1. The standard InChI is InChI=1S/C13H20N2O3S/c1-4-19(17,18)15-8-7-14-13(16)12-6-5-10(2)11(3)9-12/h5-6,9,15H,4,7-8H2,1-3H3,(H,14,16). The number of sulfonamides is 1. The van der Waals surface area contributed by atoms with E-state index in [1.54, 1.807) is 13.0 Å². The third kappa shape index (κ3) is 5.00. The largest absolute Gasteiger partial charge is 0.351 e. The van der Waals surface area contributed by atoms with Crippen LogP contribution in [0.4, 0.5) is 0 Å². The van der Waals surface area contributed by atoms with E-state index in [0.29, 0.717) is 5.56 Å². The minimum atomic E-state index is -3.20. The summed E-state index contributed by atoms with van der Waals surface area (Å²) in [7, 11) is -3.20. The van der Waals surface area contributed by atoms with Gasteiger partial charge in [0.25, 0.3) is 5.91 Å². The first-order valence-electron chi connectivity index (χ1n) is 6.18. The van der Waals surface area contributed by atoms with Gasteiger partial charge in [-0.25, -0.2) is 13.1 Å². The summed E-state index contributed by atoms with van der Waals surface area (Å²) in [4.78, 5) is 11.8. The highest BCUT2D eigenvalue weighted by atomic mass is 32.2. The van der Waals surface area contributed by atoms with Gasteiger partial charge in [0.2, 0.25) is 10.0 Å². The highest BCUT2D eigenvalue weighted by Crippen LogP contribution is 2.09. The van der Waals surface area contributed by atoms with Gasteiger partial charge in [-0.2, -0.15) is 0 Å². The number of carbonyl (C=O) groups excluding carboxylic acids is 1. The summed E-state index contributed by atoms with van der Waals surface area (Å²) in [6.45, 7) is 5.96. The molecule has 0 bridgehead atoms. The number of nitrogens with one attached hydrogen (secondary N) is 2. The molecule has 0 heterocycles. The molecule has 0 unspecified atom stereocenters. The Balaban J connectivity index is 2.46. The molecule has 5 nitrogen and oxygen atoms in total. The van der Waals surface area contributed by atoms with E-state index in [1.165, 1.54) is 0 Å². The van der Waals surface area contributed by atoms with E-state index in [2.05, 4.69) is 10.0 Å². The van der Waals surface area contributed by atoms with Crippen LogP contribution in [0.15, 0.2) is 18.2 Å². The van der Waals surface area contributed by atoms with Crippen molar-refractivity contribution in [2.45, 2.75) is 20.8 Å². The van der Waals surface area contributed by atoms with Crippen LogP contribution in [-0.4, -0.2) is 33.2 Å². The topological polar surface area (TPSA) is 75.3 Å². The van der Waals surface area contributed by atoms with Gasteiger partial charge < -0.3 is 5.32 Å². The normalized spacial score (nSPS) is 11.3. The second-order valence-electron chi connectivity index (χ2n) is 4.35. The summed E-state index contributed by atoms with van der Waals surface area (Å²) in [5.41, 5.74) is 2.77. The molecule has 19 heavy (non-hydrogen) atoms. The van der Waals surface area contributed by atoms with E-state index >= 15 is 0 Å². The van der Waals surface area contributed by atoms with Crippen molar-refractivity contribution in [2.24, 2.45) is 0 Å². The van der Waals surface area contributed by atoms with Crippen molar-refractivity contribution in [3.05, 3.63) is 34.9 Å². The minimum absolute atomic E-state index is 0.0398. The minimum Gasteiger partial charge on any atom is -0.351 e. The average molecular weight is 284 g/mol. The molecule has 1 aromatic carbocycles. The van der Waals surface area contributed by atoms with Crippen LogP contribution in [-0.2, 0) is 10.0 Å². The van der Waals surface area contributed by atoms with Crippen molar-refractivity contribution < 1.29 is 13.2 Å². The second-order valence-corrected chi connectivity index (χ2v) is 6.45. The fraction of sp³-hybridized carbons (Fsp3) is 0.462. The fourth-order valence-electron chi connectivity index (χ4n) is 1.47. The predicted octanol–water partition coefficient (Wildman–Crippen LogP) is 0.973. The highest BCUT2D eigenvalue weighted by Gasteiger charge is 2.08. The Morgan fingerprint density at radius 1 is 1.16 bits per heavy atom. The number of carbonyl (C=O) groups is 1. The molecule has 2 N–H and O–H groups in total. The van der Waals surface area contributed by atoms with E-state index in [1.807, 2.05) is 26.0 Å². The Morgan fingerprint density at radius 3 is 2.42 bits per heavy atom. The van der Waals surface area contributed by atoms with Gasteiger partial charge in [-0.1, -0.05) is 6.07 Å². The fourth-order valence-corrected chi connectivity index (χ4v) is 2.09. The summed E-state index contributed by atoms with van der Waals surface area (Å²) in [5, 5.41) is 2.68. The van der Waals surface area contributed by atoms with Crippen LogP contribution in [0.3, 0.4) is 0 Å². The lowest BCUT2D eigenvalue weighted by molar-refractivity contribution is 0.0954. The van der Waals surface area contributed by atoms with Crippen molar-refractivity contribution in [2.75, 3.05) is 18.8 Å². The van der Waals surface area contributed by atoms with E-state index < -0.39 is 10.0 Å². The maximum Gasteiger partial charge on any atom is 0.251 e. The first kappa shape index (κ1) is 15.7. The quantitative estimate of drug-likeness (QED) is 0.764. The Kier molecular flexibility index (Phi) is 5.50. The predicted molar refractivity (Wildman–Crippen MR) is 75.7 cm³/mol. The van der Waals surface area contributed by atoms with E-state index in [-0.39, 0.29) is 24.7 Å². The Bertz CT molecular complexity index is 553. The summed E-state index contributed by atoms with van der Waals surface area (Å²) >= 11 is 0. The first-order chi connectivity index (χ1) is 8.85. The van der Waals surface area contributed by atoms with E-state index in [0.717, 1.165) is 11.1 Å². The maximum atomic E-state index is 11.8. The number of benzene rings is 1. The van der Waals surface area contributed by atoms with Crippen LogP contribution in [0.2, 0.25) is 0 Å².